The number of hydrogen-bond donors (Lipinski definition) is 1. The minimum absolute atomic E-state index is 0.0371. The number of nitrogens with one attached hydrogen (secondary N) is 1. The Kier molecular flexibility index (Phi) is 6.18. The van der Waals surface area contributed by atoms with E-state index in [1.165, 1.54) is 24.3 Å². The van der Waals surface area contributed by atoms with Crippen molar-refractivity contribution in [3.63, 3.8) is 0 Å². The average molecular weight is 419 g/mol. The smallest absolute Gasteiger partial charge is 0.287 e. The lowest BCUT2D eigenvalue weighted by Gasteiger charge is -2.10. The zero-order valence-electron chi connectivity index (χ0n) is 15.8. The third-order valence-electron chi connectivity index (χ3n) is 4.16. The third-order valence-corrected chi connectivity index (χ3v) is 4.47. The Labute approximate surface area is 171 Å². The van der Waals surface area contributed by atoms with E-state index in [4.69, 9.17) is 20.8 Å². The number of rotatable bonds is 8. The van der Waals surface area contributed by atoms with Crippen LogP contribution in [0.2, 0.25) is 5.02 Å². The largest absolute Gasteiger partial charge is 0.484 e. The minimum Gasteiger partial charge on any atom is -0.484 e. The van der Waals surface area contributed by atoms with Gasteiger partial charge < -0.3 is 14.5 Å². The molecule has 3 aromatic rings. The van der Waals surface area contributed by atoms with Gasteiger partial charge >= 0.3 is 0 Å². The summed E-state index contributed by atoms with van der Waals surface area (Å²) in [4.78, 5) is 22.7. The van der Waals surface area contributed by atoms with Gasteiger partial charge in [-0.1, -0.05) is 11.6 Å². The third kappa shape index (κ3) is 4.94. The number of halogens is 1. The van der Waals surface area contributed by atoms with E-state index in [9.17, 15) is 14.9 Å². The highest BCUT2D eigenvalue weighted by molar-refractivity contribution is 6.32. The first-order valence-electron chi connectivity index (χ1n) is 8.87. The lowest BCUT2D eigenvalue weighted by atomic mass is 10.2. The number of aryl methyl sites for hydroxylation is 1. The van der Waals surface area contributed by atoms with Gasteiger partial charge in [-0.2, -0.15) is 5.10 Å². The van der Waals surface area contributed by atoms with Crippen molar-refractivity contribution in [2.45, 2.75) is 33.0 Å². The summed E-state index contributed by atoms with van der Waals surface area (Å²) in [6.07, 6.45) is 1.85. The van der Waals surface area contributed by atoms with Gasteiger partial charge in [0.1, 0.15) is 18.1 Å². The number of nitrogens with zero attached hydrogens (tertiary/aromatic N) is 3. The molecule has 0 saturated carbocycles. The van der Waals surface area contributed by atoms with E-state index in [2.05, 4.69) is 10.4 Å². The van der Waals surface area contributed by atoms with Crippen molar-refractivity contribution in [2.24, 2.45) is 0 Å². The molecule has 0 radical (unpaired) electrons. The highest BCUT2D eigenvalue weighted by Gasteiger charge is 2.17. The molecular weight excluding hydrogens is 400 g/mol. The normalized spacial score (nSPS) is 11.8. The lowest BCUT2D eigenvalue weighted by molar-refractivity contribution is -0.384. The van der Waals surface area contributed by atoms with Crippen molar-refractivity contribution in [3.8, 4) is 5.75 Å². The molecule has 0 aliphatic heterocycles. The van der Waals surface area contributed by atoms with Gasteiger partial charge in [-0.15, -0.1) is 0 Å². The number of ether oxygens (including phenoxy) is 1. The molecule has 29 heavy (non-hydrogen) atoms. The standard InChI is InChI=1S/C19H19ClN4O5/c1-3-23-9-8-16(22-23)12(2)21-19(25)17-7-5-14(29-17)11-28-18-10-13(24(26)27)4-6-15(18)20/h4-10,12H,3,11H2,1-2H3,(H,21,25). The summed E-state index contributed by atoms with van der Waals surface area (Å²) in [7, 11) is 0. The van der Waals surface area contributed by atoms with Crippen LogP contribution in [0.4, 0.5) is 5.69 Å². The van der Waals surface area contributed by atoms with Crippen LogP contribution in [-0.4, -0.2) is 20.6 Å². The molecule has 0 spiro atoms. The van der Waals surface area contributed by atoms with Crippen LogP contribution in [-0.2, 0) is 13.2 Å². The molecule has 1 aromatic carbocycles. The maximum atomic E-state index is 12.4. The Hall–Kier alpha value is -3.33. The van der Waals surface area contributed by atoms with Crippen LogP contribution >= 0.6 is 11.6 Å². The summed E-state index contributed by atoms with van der Waals surface area (Å²) in [6, 6.07) is 8.59. The quantitative estimate of drug-likeness (QED) is 0.434. The molecule has 1 N–H and O–H groups in total. The highest BCUT2D eigenvalue weighted by atomic mass is 35.5. The maximum absolute atomic E-state index is 12.4. The number of nitro groups is 1. The number of benzene rings is 1. The molecule has 1 unspecified atom stereocenters. The van der Waals surface area contributed by atoms with Crippen LogP contribution in [0.1, 0.15) is 41.9 Å². The first-order chi connectivity index (χ1) is 13.9. The molecule has 1 amide bonds. The molecule has 0 saturated heterocycles. The van der Waals surface area contributed by atoms with Crippen LogP contribution < -0.4 is 10.1 Å². The van der Waals surface area contributed by atoms with Crippen molar-refractivity contribution in [1.82, 2.24) is 15.1 Å². The molecular formula is C19H19ClN4O5. The molecule has 1 atom stereocenters. The Morgan fingerprint density at radius 3 is 2.86 bits per heavy atom. The van der Waals surface area contributed by atoms with Crippen LogP contribution in [0, 0.1) is 10.1 Å². The van der Waals surface area contributed by atoms with Gasteiger partial charge in [0.2, 0.25) is 0 Å². The summed E-state index contributed by atoms with van der Waals surface area (Å²) in [6.45, 7) is 4.52. The van der Waals surface area contributed by atoms with E-state index in [-0.39, 0.29) is 40.8 Å². The van der Waals surface area contributed by atoms with Gasteiger partial charge in [-0.05, 0) is 38.1 Å². The summed E-state index contributed by atoms with van der Waals surface area (Å²) >= 11 is 6.00. The van der Waals surface area contributed by atoms with Crippen LogP contribution in [0.3, 0.4) is 0 Å². The Balaban J connectivity index is 1.61. The summed E-state index contributed by atoms with van der Waals surface area (Å²) < 4.78 is 12.8. The number of non-ortho nitro benzene ring substituents is 1. The van der Waals surface area contributed by atoms with Gasteiger partial charge in [0, 0.05) is 18.8 Å². The molecule has 10 heteroatoms. The average Bonchev–Trinajstić information content (AvgIpc) is 3.36. The zero-order valence-corrected chi connectivity index (χ0v) is 16.5. The van der Waals surface area contributed by atoms with Gasteiger partial charge in [-0.25, -0.2) is 0 Å². The lowest BCUT2D eigenvalue weighted by Crippen LogP contribution is -2.26. The number of aromatic nitrogens is 2. The monoisotopic (exact) mass is 418 g/mol. The summed E-state index contributed by atoms with van der Waals surface area (Å²) in [5.41, 5.74) is 0.610. The second-order valence-electron chi connectivity index (χ2n) is 6.22. The van der Waals surface area contributed by atoms with Crippen LogP contribution in [0.5, 0.6) is 5.75 Å². The summed E-state index contributed by atoms with van der Waals surface area (Å²) in [5, 5.41) is 18.3. The first kappa shape index (κ1) is 20.4. The van der Waals surface area contributed by atoms with Crippen molar-refractivity contribution < 1.29 is 18.9 Å². The minimum atomic E-state index is -0.538. The Morgan fingerprint density at radius 1 is 1.38 bits per heavy atom. The van der Waals surface area contributed by atoms with Crippen molar-refractivity contribution in [2.75, 3.05) is 0 Å². The van der Waals surface area contributed by atoms with E-state index < -0.39 is 4.92 Å². The number of furan rings is 1. The molecule has 2 aromatic heterocycles. The molecule has 0 bridgehead atoms. The molecule has 0 fully saturated rings. The Bertz CT molecular complexity index is 1030. The fourth-order valence-electron chi connectivity index (χ4n) is 2.57. The van der Waals surface area contributed by atoms with Crippen LogP contribution in [0.15, 0.2) is 47.0 Å². The fourth-order valence-corrected chi connectivity index (χ4v) is 2.74. The van der Waals surface area contributed by atoms with E-state index in [1.807, 2.05) is 26.1 Å². The van der Waals surface area contributed by atoms with Gasteiger partial charge in [0.25, 0.3) is 11.6 Å². The zero-order chi connectivity index (χ0) is 21.0. The number of amides is 1. The number of hydrogen-bond acceptors (Lipinski definition) is 6. The SMILES string of the molecule is CCn1ccc(C(C)NC(=O)c2ccc(COc3cc([N+](=O)[O-])ccc3Cl)o2)n1. The van der Waals surface area contributed by atoms with Gasteiger partial charge in [0.15, 0.2) is 5.76 Å². The predicted molar refractivity (Wildman–Crippen MR) is 105 cm³/mol. The predicted octanol–water partition coefficient (Wildman–Crippen LogP) is 4.13. The second-order valence-corrected chi connectivity index (χ2v) is 6.63. The number of carbonyl (C=O) groups is 1. The maximum Gasteiger partial charge on any atom is 0.287 e. The summed E-state index contributed by atoms with van der Waals surface area (Å²) in [5.74, 6) is 0.266. The van der Waals surface area contributed by atoms with Gasteiger partial charge in [-0.3, -0.25) is 19.6 Å². The topological polar surface area (TPSA) is 112 Å². The fraction of sp³-hybridized carbons (Fsp3) is 0.263. The van der Waals surface area contributed by atoms with Gasteiger partial charge in [0.05, 0.1) is 27.7 Å². The van der Waals surface area contributed by atoms with E-state index in [0.29, 0.717) is 5.76 Å². The van der Waals surface area contributed by atoms with E-state index >= 15 is 0 Å². The van der Waals surface area contributed by atoms with Crippen LogP contribution in [0.25, 0.3) is 0 Å². The second kappa shape index (κ2) is 8.78. The molecule has 0 aliphatic rings. The molecule has 152 valence electrons. The highest BCUT2D eigenvalue weighted by Crippen LogP contribution is 2.29. The molecule has 9 nitrogen and oxygen atoms in total. The molecule has 2 heterocycles. The van der Waals surface area contributed by atoms with Crippen molar-refractivity contribution in [3.05, 3.63) is 74.9 Å². The first-order valence-corrected chi connectivity index (χ1v) is 9.24. The van der Waals surface area contributed by atoms with E-state index in [1.54, 1.807) is 10.7 Å². The van der Waals surface area contributed by atoms with E-state index in [0.717, 1.165) is 12.2 Å². The Morgan fingerprint density at radius 2 is 2.17 bits per heavy atom. The number of nitro benzene ring substituents is 1. The number of carbonyl (C=O) groups excluding carboxylic acids is 1. The van der Waals surface area contributed by atoms with Crippen molar-refractivity contribution in [1.29, 1.82) is 0 Å². The molecule has 0 aliphatic carbocycles. The molecule has 3 rings (SSSR count). The van der Waals surface area contributed by atoms with Crippen molar-refractivity contribution >= 4 is 23.2 Å².